The van der Waals surface area contributed by atoms with Gasteiger partial charge in [-0.3, -0.25) is 0 Å². The number of hydrogen-bond acceptors (Lipinski definition) is 2. The van der Waals surface area contributed by atoms with Crippen molar-refractivity contribution in [3.8, 4) is 0 Å². The molecule has 1 heterocycles. The van der Waals surface area contributed by atoms with Crippen molar-refractivity contribution in [3.05, 3.63) is 21.4 Å². The number of hydrogen-bond donors (Lipinski definition) is 1. The van der Waals surface area contributed by atoms with Crippen molar-refractivity contribution in [3.63, 3.8) is 0 Å². The van der Waals surface area contributed by atoms with Gasteiger partial charge in [0.2, 0.25) is 0 Å². The largest absolute Gasteiger partial charge is 0.324 e. The van der Waals surface area contributed by atoms with Crippen molar-refractivity contribution in [2.45, 2.75) is 46.6 Å². The van der Waals surface area contributed by atoms with Crippen LogP contribution in [-0.2, 0) is 0 Å². The van der Waals surface area contributed by atoms with Gasteiger partial charge in [0, 0.05) is 15.8 Å². The van der Waals surface area contributed by atoms with Crippen LogP contribution in [0.15, 0.2) is 6.07 Å². The third-order valence-electron chi connectivity index (χ3n) is 2.53. The summed E-state index contributed by atoms with van der Waals surface area (Å²) in [5.74, 6) is 0.751. The van der Waals surface area contributed by atoms with Crippen LogP contribution in [0.5, 0.6) is 0 Å². The van der Waals surface area contributed by atoms with E-state index in [9.17, 15) is 0 Å². The minimum Gasteiger partial charge on any atom is -0.324 e. The second-order valence-corrected chi connectivity index (χ2v) is 5.91. The van der Waals surface area contributed by atoms with Crippen LogP contribution in [0.25, 0.3) is 0 Å². The summed E-state index contributed by atoms with van der Waals surface area (Å²) in [6.45, 7) is 8.81. The predicted molar refractivity (Wildman–Crippen MR) is 64.8 cm³/mol. The lowest BCUT2D eigenvalue weighted by Crippen LogP contribution is -2.11. The normalized spacial score (nSPS) is 13.6. The van der Waals surface area contributed by atoms with Crippen LogP contribution >= 0.6 is 11.3 Å². The first kappa shape index (κ1) is 11.7. The fourth-order valence-electron chi connectivity index (χ4n) is 1.69. The summed E-state index contributed by atoms with van der Waals surface area (Å²) in [5, 5.41) is 0. The Kier molecular flexibility index (Phi) is 4.14. The van der Waals surface area contributed by atoms with E-state index >= 15 is 0 Å². The maximum atomic E-state index is 6.16. The van der Waals surface area contributed by atoms with Gasteiger partial charge >= 0.3 is 0 Å². The Labute approximate surface area is 91.3 Å². The van der Waals surface area contributed by atoms with E-state index in [1.807, 2.05) is 11.3 Å². The molecule has 0 fully saturated rings. The Morgan fingerprint density at radius 2 is 1.93 bits per heavy atom. The summed E-state index contributed by atoms with van der Waals surface area (Å²) in [6.07, 6.45) is 2.32. The summed E-state index contributed by atoms with van der Waals surface area (Å²) in [7, 11) is 0. The van der Waals surface area contributed by atoms with Gasteiger partial charge in [0.25, 0.3) is 0 Å². The van der Waals surface area contributed by atoms with Crippen molar-refractivity contribution in [2.24, 2.45) is 11.7 Å². The summed E-state index contributed by atoms with van der Waals surface area (Å²) in [6, 6.07) is 2.48. The summed E-state index contributed by atoms with van der Waals surface area (Å²) in [5.41, 5.74) is 7.52. The monoisotopic (exact) mass is 211 g/mol. The number of thiophene rings is 1. The van der Waals surface area contributed by atoms with E-state index in [1.54, 1.807) is 0 Å². The molecule has 0 aliphatic heterocycles. The Morgan fingerprint density at radius 1 is 1.29 bits per heavy atom. The Morgan fingerprint density at radius 3 is 2.36 bits per heavy atom. The molecule has 0 amide bonds. The highest BCUT2D eigenvalue weighted by Gasteiger charge is 2.11. The third-order valence-corrected chi connectivity index (χ3v) is 3.52. The molecule has 1 aromatic heterocycles. The lowest BCUT2D eigenvalue weighted by atomic mass is 9.99. The highest BCUT2D eigenvalue weighted by atomic mass is 32.1. The standard InChI is InChI=1S/C12H21NS/c1-8(2)5-6-12(13)11-7-9(3)14-10(11)4/h7-8,12H,5-6,13H2,1-4H3. The van der Waals surface area contributed by atoms with Crippen molar-refractivity contribution < 1.29 is 0 Å². The van der Waals surface area contributed by atoms with Crippen LogP contribution in [0.3, 0.4) is 0 Å². The first-order valence-electron chi connectivity index (χ1n) is 5.33. The second-order valence-electron chi connectivity index (χ2n) is 4.45. The molecule has 1 nitrogen and oxygen atoms in total. The topological polar surface area (TPSA) is 26.0 Å². The number of nitrogens with two attached hydrogens (primary N) is 1. The SMILES string of the molecule is Cc1cc(C(N)CCC(C)C)c(C)s1. The highest BCUT2D eigenvalue weighted by Crippen LogP contribution is 2.28. The van der Waals surface area contributed by atoms with E-state index in [4.69, 9.17) is 5.73 Å². The molecular formula is C12H21NS. The molecule has 1 unspecified atom stereocenters. The van der Waals surface area contributed by atoms with E-state index in [2.05, 4.69) is 33.8 Å². The fourth-order valence-corrected chi connectivity index (χ4v) is 2.68. The summed E-state index contributed by atoms with van der Waals surface area (Å²) < 4.78 is 0. The molecule has 14 heavy (non-hydrogen) atoms. The van der Waals surface area contributed by atoms with Crippen LogP contribution in [-0.4, -0.2) is 0 Å². The average Bonchev–Trinajstić information content (AvgIpc) is 2.41. The molecule has 2 N–H and O–H groups in total. The maximum Gasteiger partial charge on any atom is 0.0306 e. The summed E-state index contributed by atoms with van der Waals surface area (Å²) in [4.78, 5) is 2.76. The quantitative estimate of drug-likeness (QED) is 0.805. The van der Waals surface area contributed by atoms with Crippen molar-refractivity contribution >= 4 is 11.3 Å². The molecule has 0 saturated carbocycles. The third kappa shape index (κ3) is 3.10. The molecule has 80 valence electrons. The van der Waals surface area contributed by atoms with Gasteiger partial charge in [0.15, 0.2) is 0 Å². The molecular weight excluding hydrogens is 190 g/mol. The second kappa shape index (κ2) is 4.94. The number of aryl methyl sites for hydroxylation is 2. The minimum absolute atomic E-state index is 0.238. The lowest BCUT2D eigenvalue weighted by molar-refractivity contribution is 0.507. The van der Waals surface area contributed by atoms with E-state index in [1.165, 1.54) is 21.7 Å². The number of rotatable bonds is 4. The molecule has 0 spiro atoms. The highest BCUT2D eigenvalue weighted by molar-refractivity contribution is 7.12. The zero-order valence-electron chi connectivity index (χ0n) is 9.63. The van der Waals surface area contributed by atoms with Gasteiger partial charge in [-0.15, -0.1) is 11.3 Å². The van der Waals surface area contributed by atoms with Crippen molar-refractivity contribution in [2.75, 3.05) is 0 Å². The Balaban J connectivity index is 2.60. The molecule has 0 aliphatic carbocycles. The van der Waals surface area contributed by atoms with Crippen LogP contribution in [0, 0.1) is 19.8 Å². The van der Waals surface area contributed by atoms with Crippen LogP contribution in [0.4, 0.5) is 0 Å². The Hall–Kier alpha value is -0.340. The van der Waals surface area contributed by atoms with Gasteiger partial charge < -0.3 is 5.73 Å². The van der Waals surface area contributed by atoms with Crippen LogP contribution in [0.2, 0.25) is 0 Å². The van der Waals surface area contributed by atoms with E-state index < -0.39 is 0 Å². The van der Waals surface area contributed by atoms with Crippen LogP contribution < -0.4 is 5.73 Å². The predicted octanol–water partition coefficient (Wildman–Crippen LogP) is 3.80. The van der Waals surface area contributed by atoms with Gasteiger partial charge in [-0.05, 0) is 44.2 Å². The van der Waals surface area contributed by atoms with Gasteiger partial charge in [-0.25, -0.2) is 0 Å². The minimum atomic E-state index is 0.238. The fraction of sp³-hybridized carbons (Fsp3) is 0.667. The zero-order chi connectivity index (χ0) is 10.7. The molecule has 0 radical (unpaired) electrons. The van der Waals surface area contributed by atoms with Gasteiger partial charge in [0.1, 0.15) is 0 Å². The average molecular weight is 211 g/mol. The molecule has 0 bridgehead atoms. The van der Waals surface area contributed by atoms with E-state index in [0.29, 0.717) is 0 Å². The summed E-state index contributed by atoms with van der Waals surface area (Å²) >= 11 is 1.85. The lowest BCUT2D eigenvalue weighted by Gasteiger charge is -2.12. The van der Waals surface area contributed by atoms with Crippen molar-refractivity contribution in [1.29, 1.82) is 0 Å². The molecule has 1 rings (SSSR count). The molecule has 2 heteroatoms. The Bertz CT molecular complexity index is 289. The van der Waals surface area contributed by atoms with E-state index in [0.717, 1.165) is 12.3 Å². The molecule has 0 aliphatic rings. The smallest absolute Gasteiger partial charge is 0.0306 e. The molecule has 0 saturated heterocycles. The van der Waals surface area contributed by atoms with Gasteiger partial charge in [-0.1, -0.05) is 13.8 Å². The maximum absolute atomic E-state index is 6.16. The van der Waals surface area contributed by atoms with Crippen LogP contribution in [0.1, 0.15) is 48.0 Å². The van der Waals surface area contributed by atoms with Gasteiger partial charge in [0.05, 0.1) is 0 Å². The first-order chi connectivity index (χ1) is 6.50. The molecule has 1 atom stereocenters. The zero-order valence-corrected chi connectivity index (χ0v) is 10.4. The van der Waals surface area contributed by atoms with Crippen molar-refractivity contribution in [1.82, 2.24) is 0 Å². The molecule has 1 aromatic rings. The van der Waals surface area contributed by atoms with Gasteiger partial charge in [-0.2, -0.15) is 0 Å². The molecule has 0 aromatic carbocycles. The first-order valence-corrected chi connectivity index (χ1v) is 6.15. The van der Waals surface area contributed by atoms with E-state index in [-0.39, 0.29) is 6.04 Å².